The van der Waals surface area contributed by atoms with Crippen molar-refractivity contribution in [3.8, 4) is 0 Å². The lowest BCUT2D eigenvalue weighted by Gasteiger charge is -2.15. The third-order valence-corrected chi connectivity index (χ3v) is 5.06. The van der Waals surface area contributed by atoms with Gasteiger partial charge in [0.1, 0.15) is 0 Å². The van der Waals surface area contributed by atoms with Crippen molar-refractivity contribution >= 4 is 29.3 Å². The van der Waals surface area contributed by atoms with E-state index in [2.05, 4.69) is 40.6 Å². The first kappa shape index (κ1) is 17.0. The molecule has 0 aliphatic heterocycles. The Kier molecular flexibility index (Phi) is 5.23. The van der Waals surface area contributed by atoms with Crippen molar-refractivity contribution in [1.29, 1.82) is 0 Å². The van der Waals surface area contributed by atoms with Crippen LogP contribution in [0.2, 0.25) is 0 Å². The molecular weight excluding hydrogens is 320 g/mol. The Morgan fingerprint density at radius 1 is 1.21 bits per heavy atom. The normalized spacial score (nSPS) is 18.1. The van der Waals surface area contributed by atoms with Crippen LogP contribution in [0.3, 0.4) is 0 Å². The van der Waals surface area contributed by atoms with Gasteiger partial charge in [0.25, 0.3) is 5.91 Å². The van der Waals surface area contributed by atoms with Gasteiger partial charge >= 0.3 is 0 Å². The van der Waals surface area contributed by atoms with Crippen LogP contribution < -0.4 is 16.2 Å². The van der Waals surface area contributed by atoms with Crippen molar-refractivity contribution in [2.75, 3.05) is 0 Å². The van der Waals surface area contributed by atoms with Gasteiger partial charge in [-0.3, -0.25) is 15.6 Å². The number of carbonyl (C=O) groups excluding carboxylic acids is 1. The first-order valence-electron chi connectivity index (χ1n) is 8.77. The molecule has 2 aliphatic rings. The average Bonchev–Trinajstić information content (AvgIpc) is 3.16. The zero-order chi connectivity index (χ0) is 17.1. The maximum Gasteiger partial charge on any atom is 0.262 e. The van der Waals surface area contributed by atoms with E-state index in [4.69, 9.17) is 12.2 Å². The van der Waals surface area contributed by atoms with Crippen molar-refractivity contribution in [2.45, 2.75) is 64.5 Å². The molecule has 24 heavy (non-hydrogen) atoms. The van der Waals surface area contributed by atoms with E-state index >= 15 is 0 Å². The third-order valence-electron chi connectivity index (χ3n) is 4.84. The van der Waals surface area contributed by atoms with Crippen molar-refractivity contribution in [2.24, 2.45) is 0 Å². The molecule has 2 fully saturated rings. The molecule has 2 saturated carbocycles. The van der Waals surface area contributed by atoms with Crippen LogP contribution in [-0.4, -0.2) is 21.6 Å². The molecule has 0 aromatic carbocycles. The van der Waals surface area contributed by atoms with Gasteiger partial charge in [-0.15, -0.1) is 0 Å². The molecule has 1 aromatic heterocycles. The summed E-state index contributed by atoms with van der Waals surface area (Å²) in [5, 5.41) is 3.71. The fourth-order valence-corrected chi connectivity index (χ4v) is 3.70. The first-order valence-corrected chi connectivity index (χ1v) is 9.18. The zero-order valence-corrected chi connectivity index (χ0v) is 15.2. The van der Waals surface area contributed by atoms with Gasteiger partial charge in [-0.25, -0.2) is 0 Å². The highest BCUT2D eigenvalue weighted by Gasteiger charge is 2.26. The number of nitrogens with zero attached hydrogens (tertiary/aromatic N) is 1. The summed E-state index contributed by atoms with van der Waals surface area (Å²) in [7, 11) is 0. The summed E-state index contributed by atoms with van der Waals surface area (Å²) < 4.78 is 2.37. The maximum absolute atomic E-state index is 12.0. The van der Waals surface area contributed by atoms with Gasteiger partial charge < -0.3 is 9.88 Å². The minimum Gasteiger partial charge on any atom is -0.359 e. The molecule has 0 unspecified atom stereocenters. The summed E-state index contributed by atoms with van der Waals surface area (Å²) in [6.45, 7) is 4.24. The molecule has 3 rings (SSSR count). The number of aromatic nitrogens is 1. The lowest BCUT2D eigenvalue weighted by Crippen LogP contribution is -2.48. The van der Waals surface area contributed by atoms with E-state index in [1.807, 2.05) is 6.08 Å². The Bertz CT molecular complexity index is 654. The Labute approximate surface area is 148 Å². The van der Waals surface area contributed by atoms with E-state index in [1.165, 1.54) is 37.1 Å². The molecule has 0 atom stereocenters. The predicted molar refractivity (Wildman–Crippen MR) is 100 cm³/mol. The van der Waals surface area contributed by atoms with Gasteiger partial charge in [0.15, 0.2) is 5.11 Å². The maximum atomic E-state index is 12.0. The molecule has 3 N–H and O–H groups in total. The second kappa shape index (κ2) is 7.38. The van der Waals surface area contributed by atoms with Gasteiger partial charge in [0, 0.05) is 29.5 Å². The molecule has 1 amide bonds. The summed E-state index contributed by atoms with van der Waals surface area (Å²) >= 11 is 5.20. The van der Waals surface area contributed by atoms with Crippen LogP contribution in [0.15, 0.2) is 12.1 Å². The van der Waals surface area contributed by atoms with Crippen LogP contribution in [0.4, 0.5) is 0 Å². The highest BCUT2D eigenvalue weighted by molar-refractivity contribution is 7.80. The van der Waals surface area contributed by atoms with Crippen molar-refractivity contribution in [3.63, 3.8) is 0 Å². The predicted octanol–water partition coefficient (Wildman–Crippen LogP) is 2.89. The number of hydrogen-bond donors (Lipinski definition) is 3. The van der Waals surface area contributed by atoms with Crippen LogP contribution in [0.25, 0.3) is 6.08 Å². The van der Waals surface area contributed by atoms with Gasteiger partial charge in [-0.05, 0) is 69.5 Å². The monoisotopic (exact) mass is 346 g/mol. The van der Waals surface area contributed by atoms with Gasteiger partial charge in [-0.2, -0.15) is 0 Å². The molecule has 0 spiro atoms. The third kappa shape index (κ3) is 4.17. The smallest absolute Gasteiger partial charge is 0.262 e. The number of hydrogen-bond acceptors (Lipinski definition) is 2. The molecule has 0 radical (unpaired) electrons. The second-order valence-corrected chi connectivity index (χ2v) is 7.24. The Morgan fingerprint density at radius 2 is 1.92 bits per heavy atom. The van der Waals surface area contributed by atoms with E-state index in [0.29, 0.717) is 17.2 Å². The van der Waals surface area contributed by atoms with Crippen LogP contribution in [0, 0.1) is 13.8 Å². The van der Waals surface area contributed by atoms with E-state index in [9.17, 15) is 4.79 Å². The molecule has 2 aliphatic carbocycles. The molecule has 130 valence electrons. The van der Waals surface area contributed by atoms with Crippen LogP contribution >= 0.6 is 12.2 Å². The molecular formula is C18H26N4OS. The van der Waals surface area contributed by atoms with Crippen molar-refractivity contribution in [3.05, 3.63) is 29.1 Å². The number of thiocarbonyl (C=S) groups is 1. The summed E-state index contributed by atoms with van der Waals surface area (Å²) in [6.07, 6.45) is 10.7. The second-order valence-electron chi connectivity index (χ2n) is 6.83. The number of rotatable bonds is 4. The fourth-order valence-electron chi connectivity index (χ4n) is 3.48. The van der Waals surface area contributed by atoms with E-state index < -0.39 is 0 Å². The Hall–Kier alpha value is -1.82. The van der Waals surface area contributed by atoms with Crippen molar-refractivity contribution < 1.29 is 4.79 Å². The highest BCUT2D eigenvalue weighted by Crippen LogP contribution is 2.38. The van der Waals surface area contributed by atoms with Crippen molar-refractivity contribution in [1.82, 2.24) is 20.7 Å². The number of hydrazine groups is 1. The average molecular weight is 347 g/mol. The molecule has 1 heterocycles. The SMILES string of the molecule is Cc1cc(/C=C/C(=O)NNC(=S)NC2CCCC2)c(C)n1C1CC1. The van der Waals surface area contributed by atoms with Gasteiger partial charge in [0.2, 0.25) is 0 Å². The molecule has 0 bridgehead atoms. The molecule has 1 aromatic rings. The fraction of sp³-hybridized carbons (Fsp3) is 0.556. The molecule has 5 nitrogen and oxygen atoms in total. The summed E-state index contributed by atoms with van der Waals surface area (Å²) in [5.41, 5.74) is 8.97. The number of amides is 1. The van der Waals surface area contributed by atoms with Crippen LogP contribution in [0.5, 0.6) is 0 Å². The number of carbonyl (C=O) groups is 1. The standard InChI is InChI=1S/C18H26N4OS/c1-12-11-14(13(2)22(12)16-8-9-16)7-10-17(23)20-21-18(24)19-15-5-3-4-6-15/h7,10-11,15-16H,3-6,8-9H2,1-2H3,(H,20,23)(H2,19,21,24)/b10-7+. The lowest BCUT2D eigenvalue weighted by atomic mass is 10.2. The Balaban J connectivity index is 1.48. The quantitative estimate of drug-likeness (QED) is 0.446. The summed E-state index contributed by atoms with van der Waals surface area (Å²) in [6, 6.07) is 3.23. The molecule has 0 saturated heterocycles. The minimum atomic E-state index is -0.207. The number of aryl methyl sites for hydroxylation is 1. The topological polar surface area (TPSA) is 58.1 Å². The number of nitrogens with one attached hydrogen (secondary N) is 3. The summed E-state index contributed by atoms with van der Waals surface area (Å²) in [4.78, 5) is 12.0. The largest absolute Gasteiger partial charge is 0.359 e. The first-order chi connectivity index (χ1) is 11.5. The molecule has 6 heteroatoms. The zero-order valence-electron chi connectivity index (χ0n) is 14.4. The van der Waals surface area contributed by atoms with Gasteiger partial charge in [0.05, 0.1) is 0 Å². The van der Waals surface area contributed by atoms with Gasteiger partial charge in [-0.1, -0.05) is 12.8 Å². The van der Waals surface area contributed by atoms with Crippen LogP contribution in [-0.2, 0) is 4.79 Å². The summed E-state index contributed by atoms with van der Waals surface area (Å²) in [5.74, 6) is -0.207. The van der Waals surface area contributed by atoms with Crippen LogP contribution in [0.1, 0.15) is 61.5 Å². The highest BCUT2D eigenvalue weighted by atomic mass is 32.1. The Morgan fingerprint density at radius 3 is 2.58 bits per heavy atom. The van der Waals surface area contributed by atoms with E-state index in [0.717, 1.165) is 18.4 Å². The minimum absolute atomic E-state index is 0.207. The van der Waals surface area contributed by atoms with E-state index in [-0.39, 0.29) is 5.91 Å². The lowest BCUT2D eigenvalue weighted by molar-refractivity contribution is -0.116. The van der Waals surface area contributed by atoms with E-state index in [1.54, 1.807) is 6.08 Å².